The number of hydrogen-bond donors (Lipinski definition) is 2. The molecule has 162 valence electrons. The number of rotatable bonds is 9. The Bertz CT molecular complexity index is 884. The van der Waals surface area contributed by atoms with Gasteiger partial charge in [0, 0.05) is 25.7 Å². The van der Waals surface area contributed by atoms with E-state index < -0.39 is 5.82 Å². The number of benzene rings is 2. The highest BCUT2D eigenvalue weighted by Crippen LogP contribution is 2.28. The molecule has 0 spiro atoms. The van der Waals surface area contributed by atoms with Crippen molar-refractivity contribution in [3.05, 3.63) is 58.9 Å². The van der Waals surface area contributed by atoms with Crippen LogP contribution in [0.4, 0.5) is 4.39 Å². The molecule has 0 aliphatic carbocycles. The Morgan fingerprint density at radius 1 is 1.17 bits per heavy atom. The molecule has 0 aromatic heterocycles. The molecule has 2 aromatic rings. The molecule has 0 bridgehead atoms. The predicted molar refractivity (Wildman–Crippen MR) is 127 cm³/mol. The van der Waals surface area contributed by atoms with Gasteiger partial charge in [0.05, 0.1) is 25.3 Å². The van der Waals surface area contributed by atoms with Crippen LogP contribution in [0.5, 0.6) is 11.5 Å². The lowest BCUT2D eigenvalue weighted by Gasteiger charge is -2.13. The lowest BCUT2D eigenvalue weighted by molar-refractivity contribution is 0.310. The molecule has 0 saturated carbocycles. The number of aryl methyl sites for hydroxylation is 1. The second-order valence-corrected chi connectivity index (χ2v) is 6.29. The molecule has 2 rings (SSSR count). The standard InChI is InChI=1S/C22H27FN4O2.HI/c1-4-29-21-13-16(8-10-20(21)28-3)6-5-11-26-22(25-2)27-15-18-9-7-17(14-24)12-19(18)23;/h7-10,12-13H,4-6,11,15H2,1-3H3,(H2,25,26,27);1H. The molecular weight excluding hydrogens is 498 g/mol. The van der Waals surface area contributed by atoms with Crippen LogP contribution in [0.2, 0.25) is 0 Å². The Morgan fingerprint density at radius 2 is 1.97 bits per heavy atom. The molecule has 0 aliphatic rings. The number of guanidine groups is 1. The van der Waals surface area contributed by atoms with Gasteiger partial charge in [-0.3, -0.25) is 4.99 Å². The summed E-state index contributed by atoms with van der Waals surface area (Å²) in [7, 11) is 3.30. The van der Waals surface area contributed by atoms with Crippen LogP contribution in [0.25, 0.3) is 0 Å². The van der Waals surface area contributed by atoms with Crippen LogP contribution in [0.15, 0.2) is 41.4 Å². The third-order valence-corrected chi connectivity index (χ3v) is 4.31. The summed E-state index contributed by atoms with van der Waals surface area (Å²) in [6.45, 7) is 3.53. The van der Waals surface area contributed by atoms with Gasteiger partial charge in [-0.05, 0) is 49.6 Å². The maximum atomic E-state index is 14.0. The van der Waals surface area contributed by atoms with E-state index in [0.717, 1.165) is 24.3 Å². The highest BCUT2D eigenvalue weighted by Gasteiger charge is 2.07. The van der Waals surface area contributed by atoms with Gasteiger partial charge in [0.1, 0.15) is 5.82 Å². The minimum Gasteiger partial charge on any atom is -0.493 e. The highest BCUT2D eigenvalue weighted by atomic mass is 127. The number of halogens is 2. The van der Waals surface area contributed by atoms with E-state index in [4.69, 9.17) is 14.7 Å². The second-order valence-electron chi connectivity index (χ2n) is 6.29. The van der Waals surface area contributed by atoms with E-state index in [1.54, 1.807) is 26.3 Å². The van der Waals surface area contributed by atoms with E-state index in [1.807, 2.05) is 31.2 Å². The Hall–Kier alpha value is -2.54. The van der Waals surface area contributed by atoms with Gasteiger partial charge in [-0.25, -0.2) is 4.39 Å². The van der Waals surface area contributed by atoms with Crippen molar-refractivity contribution in [2.24, 2.45) is 4.99 Å². The molecule has 0 unspecified atom stereocenters. The van der Waals surface area contributed by atoms with Crippen molar-refractivity contribution in [2.75, 3.05) is 27.3 Å². The molecule has 0 heterocycles. The van der Waals surface area contributed by atoms with E-state index in [1.165, 1.54) is 11.6 Å². The van der Waals surface area contributed by atoms with Gasteiger partial charge in [-0.1, -0.05) is 12.1 Å². The third-order valence-electron chi connectivity index (χ3n) is 4.31. The van der Waals surface area contributed by atoms with Crippen molar-refractivity contribution in [2.45, 2.75) is 26.3 Å². The first-order valence-corrected chi connectivity index (χ1v) is 9.54. The lowest BCUT2D eigenvalue weighted by atomic mass is 10.1. The summed E-state index contributed by atoms with van der Waals surface area (Å²) in [5.74, 6) is 1.67. The summed E-state index contributed by atoms with van der Waals surface area (Å²) in [4.78, 5) is 4.16. The molecule has 0 atom stereocenters. The van der Waals surface area contributed by atoms with Crippen LogP contribution in [-0.2, 0) is 13.0 Å². The highest BCUT2D eigenvalue weighted by molar-refractivity contribution is 14.0. The molecule has 0 amide bonds. The summed E-state index contributed by atoms with van der Waals surface area (Å²) in [6.07, 6.45) is 1.77. The fourth-order valence-electron chi connectivity index (χ4n) is 2.80. The van der Waals surface area contributed by atoms with E-state index >= 15 is 0 Å². The van der Waals surface area contributed by atoms with Gasteiger partial charge in [-0.2, -0.15) is 5.26 Å². The normalized spacial score (nSPS) is 10.6. The topological polar surface area (TPSA) is 78.7 Å². The van der Waals surface area contributed by atoms with Crippen molar-refractivity contribution in [3.63, 3.8) is 0 Å². The van der Waals surface area contributed by atoms with Gasteiger partial charge in [0.2, 0.25) is 0 Å². The minimum absolute atomic E-state index is 0. The van der Waals surface area contributed by atoms with Crippen molar-refractivity contribution in [1.82, 2.24) is 10.6 Å². The minimum atomic E-state index is -0.406. The molecular formula is C22H28FIN4O2. The number of hydrogen-bond acceptors (Lipinski definition) is 4. The zero-order valence-electron chi connectivity index (χ0n) is 17.5. The molecule has 2 N–H and O–H groups in total. The average molecular weight is 526 g/mol. The molecule has 0 radical (unpaired) electrons. The first-order valence-electron chi connectivity index (χ1n) is 9.54. The molecule has 30 heavy (non-hydrogen) atoms. The van der Waals surface area contributed by atoms with Crippen LogP contribution >= 0.6 is 24.0 Å². The fourth-order valence-corrected chi connectivity index (χ4v) is 2.80. The lowest BCUT2D eigenvalue weighted by Crippen LogP contribution is -2.37. The first kappa shape index (κ1) is 25.5. The van der Waals surface area contributed by atoms with Crippen LogP contribution < -0.4 is 20.1 Å². The molecule has 0 fully saturated rings. The van der Waals surface area contributed by atoms with Crippen molar-refractivity contribution >= 4 is 29.9 Å². The summed E-state index contributed by atoms with van der Waals surface area (Å²) in [6, 6.07) is 12.3. The van der Waals surface area contributed by atoms with Crippen molar-refractivity contribution < 1.29 is 13.9 Å². The number of aliphatic imine (C=N–C) groups is 1. The smallest absolute Gasteiger partial charge is 0.191 e. The first-order chi connectivity index (χ1) is 14.1. The zero-order valence-corrected chi connectivity index (χ0v) is 19.8. The molecule has 6 nitrogen and oxygen atoms in total. The van der Waals surface area contributed by atoms with E-state index in [-0.39, 0.29) is 30.5 Å². The van der Waals surface area contributed by atoms with Crippen LogP contribution in [0.1, 0.15) is 30.0 Å². The number of nitrogens with zero attached hydrogens (tertiary/aromatic N) is 2. The number of nitrogens with one attached hydrogen (secondary N) is 2. The fraction of sp³-hybridized carbons (Fsp3) is 0.364. The van der Waals surface area contributed by atoms with Gasteiger partial charge >= 0.3 is 0 Å². The summed E-state index contributed by atoms with van der Waals surface area (Å²) >= 11 is 0. The average Bonchev–Trinajstić information content (AvgIpc) is 2.74. The Balaban J connectivity index is 0.00000450. The molecule has 8 heteroatoms. The van der Waals surface area contributed by atoms with E-state index in [9.17, 15) is 4.39 Å². The second kappa shape index (κ2) is 13.6. The summed E-state index contributed by atoms with van der Waals surface area (Å²) < 4.78 is 24.9. The number of methoxy groups -OCH3 is 1. The number of nitriles is 1. The summed E-state index contributed by atoms with van der Waals surface area (Å²) in [5.41, 5.74) is 1.95. The number of ether oxygens (including phenoxy) is 2. The zero-order chi connectivity index (χ0) is 21.1. The van der Waals surface area contributed by atoms with Crippen molar-refractivity contribution in [1.29, 1.82) is 5.26 Å². The van der Waals surface area contributed by atoms with Crippen LogP contribution in [0.3, 0.4) is 0 Å². The largest absolute Gasteiger partial charge is 0.493 e. The predicted octanol–water partition coefficient (Wildman–Crippen LogP) is 4.02. The maximum Gasteiger partial charge on any atom is 0.191 e. The Morgan fingerprint density at radius 3 is 2.60 bits per heavy atom. The van der Waals surface area contributed by atoms with Gasteiger partial charge in [-0.15, -0.1) is 24.0 Å². The summed E-state index contributed by atoms with van der Waals surface area (Å²) in [5, 5.41) is 15.1. The Kier molecular flexibility index (Phi) is 11.6. The molecule has 0 aliphatic heterocycles. The van der Waals surface area contributed by atoms with E-state index in [2.05, 4.69) is 15.6 Å². The molecule has 0 saturated heterocycles. The van der Waals surface area contributed by atoms with E-state index in [0.29, 0.717) is 30.2 Å². The van der Waals surface area contributed by atoms with Gasteiger partial charge < -0.3 is 20.1 Å². The third kappa shape index (κ3) is 7.71. The van der Waals surface area contributed by atoms with Crippen LogP contribution in [-0.4, -0.2) is 33.3 Å². The quantitative estimate of drug-likeness (QED) is 0.224. The van der Waals surface area contributed by atoms with Gasteiger partial charge in [0.25, 0.3) is 0 Å². The molecule has 2 aromatic carbocycles. The van der Waals surface area contributed by atoms with Crippen LogP contribution in [0, 0.1) is 17.1 Å². The SMILES string of the molecule is CCOc1cc(CCCNC(=NC)NCc2ccc(C#N)cc2F)ccc1OC.I. The van der Waals surface area contributed by atoms with Crippen molar-refractivity contribution in [3.8, 4) is 17.6 Å². The van der Waals surface area contributed by atoms with Gasteiger partial charge in [0.15, 0.2) is 17.5 Å². The monoisotopic (exact) mass is 526 g/mol. The Labute approximate surface area is 194 Å². The maximum absolute atomic E-state index is 14.0.